The van der Waals surface area contributed by atoms with E-state index in [0.717, 1.165) is 43.7 Å². The summed E-state index contributed by atoms with van der Waals surface area (Å²) in [6.45, 7) is 4.34. The number of benzene rings is 1. The maximum atomic E-state index is 6.15. The van der Waals surface area contributed by atoms with Crippen LogP contribution in [-0.4, -0.2) is 31.1 Å². The zero-order valence-corrected chi connectivity index (χ0v) is 11.4. The van der Waals surface area contributed by atoms with Crippen molar-refractivity contribution in [3.8, 4) is 5.75 Å². The Bertz CT molecular complexity index is 373. The van der Waals surface area contributed by atoms with Crippen LogP contribution in [0.25, 0.3) is 0 Å². The summed E-state index contributed by atoms with van der Waals surface area (Å²) in [4.78, 5) is 2.35. The highest BCUT2D eigenvalue weighted by molar-refractivity contribution is 5.35. The van der Waals surface area contributed by atoms with Gasteiger partial charge in [0, 0.05) is 24.7 Å². The zero-order valence-electron chi connectivity index (χ0n) is 11.4. The molecule has 0 bridgehead atoms. The van der Waals surface area contributed by atoms with Crippen molar-refractivity contribution in [2.24, 2.45) is 5.73 Å². The van der Waals surface area contributed by atoms with Crippen LogP contribution in [0, 0.1) is 0 Å². The number of hydrogen-bond donors (Lipinski definition) is 1. The molecule has 1 aromatic rings. The van der Waals surface area contributed by atoms with Crippen molar-refractivity contribution in [1.29, 1.82) is 0 Å². The van der Waals surface area contributed by atoms with Crippen molar-refractivity contribution < 1.29 is 4.74 Å². The van der Waals surface area contributed by atoms with Gasteiger partial charge in [-0.2, -0.15) is 0 Å². The molecular formula is C15H24N2O. The minimum Gasteiger partial charge on any atom is -0.490 e. The molecule has 2 rings (SSSR count). The minimum absolute atomic E-state index is 0.0764. The van der Waals surface area contributed by atoms with Gasteiger partial charge in [0.05, 0.1) is 0 Å². The van der Waals surface area contributed by atoms with Gasteiger partial charge in [0.25, 0.3) is 0 Å². The monoisotopic (exact) mass is 248 g/mol. The molecule has 1 atom stereocenters. The zero-order chi connectivity index (χ0) is 13.0. The lowest BCUT2D eigenvalue weighted by Crippen LogP contribution is -2.35. The first-order chi connectivity index (χ1) is 8.70. The van der Waals surface area contributed by atoms with Crippen LogP contribution in [0.4, 0.5) is 0 Å². The Morgan fingerprint density at radius 3 is 2.67 bits per heavy atom. The van der Waals surface area contributed by atoms with Crippen LogP contribution in [0.1, 0.15) is 37.8 Å². The van der Waals surface area contributed by atoms with E-state index in [-0.39, 0.29) is 6.04 Å². The second-order valence-electron chi connectivity index (χ2n) is 5.17. The molecule has 18 heavy (non-hydrogen) atoms. The first kappa shape index (κ1) is 13.4. The van der Waals surface area contributed by atoms with E-state index >= 15 is 0 Å². The second kappa shape index (κ2) is 6.21. The molecule has 1 aliphatic rings. The summed E-state index contributed by atoms with van der Waals surface area (Å²) in [6.07, 6.45) is 3.48. The summed E-state index contributed by atoms with van der Waals surface area (Å²) in [6, 6.07) is 8.26. The van der Waals surface area contributed by atoms with Crippen molar-refractivity contribution in [3.05, 3.63) is 29.8 Å². The molecule has 1 aromatic carbocycles. The Morgan fingerprint density at radius 2 is 2.00 bits per heavy atom. The summed E-state index contributed by atoms with van der Waals surface area (Å²) in [7, 11) is 2.16. The van der Waals surface area contributed by atoms with Crippen LogP contribution in [0.5, 0.6) is 5.75 Å². The van der Waals surface area contributed by atoms with Gasteiger partial charge in [0.1, 0.15) is 11.9 Å². The Hall–Kier alpha value is -1.06. The van der Waals surface area contributed by atoms with Crippen molar-refractivity contribution in [2.75, 3.05) is 20.1 Å². The molecule has 2 N–H and O–H groups in total. The number of likely N-dealkylation sites (tertiary alicyclic amines) is 1. The van der Waals surface area contributed by atoms with Crippen LogP contribution in [-0.2, 0) is 0 Å². The fraction of sp³-hybridized carbons (Fsp3) is 0.600. The third-order valence-electron chi connectivity index (χ3n) is 3.72. The molecule has 100 valence electrons. The predicted molar refractivity (Wildman–Crippen MR) is 74.8 cm³/mol. The van der Waals surface area contributed by atoms with E-state index in [1.807, 2.05) is 18.2 Å². The number of para-hydroxylation sites is 1. The number of piperidine rings is 1. The molecule has 3 heteroatoms. The fourth-order valence-electron chi connectivity index (χ4n) is 2.40. The van der Waals surface area contributed by atoms with E-state index in [1.54, 1.807) is 0 Å². The Labute approximate surface area is 110 Å². The first-order valence-electron chi connectivity index (χ1n) is 6.90. The van der Waals surface area contributed by atoms with Gasteiger partial charge in [-0.25, -0.2) is 0 Å². The average Bonchev–Trinajstić information content (AvgIpc) is 2.41. The van der Waals surface area contributed by atoms with Crippen LogP contribution in [0.15, 0.2) is 24.3 Å². The molecule has 0 spiro atoms. The van der Waals surface area contributed by atoms with Gasteiger partial charge in [-0.05, 0) is 32.4 Å². The molecule has 1 saturated heterocycles. The van der Waals surface area contributed by atoms with Gasteiger partial charge in [-0.15, -0.1) is 0 Å². The highest BCUT2D eigenvalue weighted by atomic mass is 16.5. The molecule has 1 fully saturated rings. The SMILES string of the molecule is CC[C@@H](N)c1ccccc1OC1CCN(C)CC1. The largest absolute Gasteiger partial charge is 0.490 e. The van der Waals surface area contributed by atoms with E-state index in [1.165, 1.54) is 0 Å². The first-order valence-corrected chi connectivity index (χ1v) is 6.90. The molecule has 1 heterocycles. The maximum Gasteiger partial charge on any atom is 0.124 e. The Balaban J connectivity index is 2.04. The molecule has 0 aromatic heterocycles. The van der Waals surface area contributed by atoms with Crippen molar-refractivity contribution in [1.82, 2.24) is 4.90 Å². The smallest absolute Gasteiger partial charge is 0.124 e. The molecule has 1 aliphatic heterocycles. The number of ether oxygens (including phenoxy) is 1. The standard InChI is InChI=1S/C15H24N2O/c1-3-14(16)13-6-4-5-7-15(13)18-12-8-10-17(2)11-9-12/h4-7,12,14H,3,8-11,16H2,1-2H3/t14-/m1/s1. The van der Waals surface area contributed by atoms with E-state index in [4.69, 9.17) is 10.5 Å². The van der Waals surface area contributed by atoms with Gasteiger partial charge in [-0.3, -0.25) is 0 Å². The van der Waals surface area contributed by atoms with Gasteiger partial charge in [0.2, 0.25) is 0 Å². The average molecular weight is 248 g/mol. The maximum absolute atomic E-state index is 6.15. The number of rotatable bonds is 4. The van der Waals surface area contributed by atoms with Crippen molar-refractivity contribution in [2.45, 2.75) is 38.3 Å². The third-order valence-corrected chi connectivity index (χ3v) is 3.72. The number of nitrogens with two attached hydrogens (primary N) is 1. The van der Waals surface area contributed by atoms with E-state index in [0.29, 0.717) is 6.10 Å². The summed E-state index contributed by atoms with van der Waals surface area (Å²) < 4.78 is 6.15. The van der Waals surface area contributed by atoms with Gasteiger partial charge < -0.3 is 15.4 Å². The fourth-order valence-corrected chi connectivity index (χ4v) is 2.40. The molecule has 0 saturated carbocycles. The summed E-state index contributed by atoms with van der Waals surface area (Å²) >= 11 is 0. The highest BCUT2D eigenvalue weighted by Gasteiger charge is 2.19. The highest BCUT2D eigenvalue weighted by Crippen LogP contribution is 2.27. The molecule has 3 nitrogen and oxygen atoms in total. The number of hydrogen-bond acceptors (Lipinski definition) is 3. The number of nitrogens with zero attached hydrogens (tertiary/aromatic N) is 1. The lowest BCUT2D eigenvalue weighted by molar-refractivity contribution is 0.113. The predicted octanol–water partition coefficient (Wildman–Crippen LogP) is 2.57. The third kappa shape index (κ3) is 3.24. The van der Waals surface area contributed by atoms with E-state index in [9.17, 15) is 0 Å². The van der Waals surface area contributed by atoms with Crippen LogP contribution >= 0.6 is 0 Å². The second-order valence-corrected chi connectivity index (χ2v) is 5.17. The topological polar surface area (TPSA) is 38.5 Å². The van der Waals surface area contributed by atoms with Gasteiger partial charge >= 0.3 is 0 Å². The lowest BCUT2D eigenvalue weighted by Gasteiger charge is -2.30. The Morgan fingerprint density at radius 1 is 1.33 bits per heavy atom. The van der Waals surface area contributed by atoms with E-state index in [2.05, 4.69) is 24.9 Å². The van der Waals surface area contributed by atoms with Crippen molar-refractivity contribution in [3.63, 3.8) is 0 Å². The quantitative estimate of drug-likeness (QED) is 0.890. The minimum atomic E-state index is 0.0764. The van der Waals surface area contributed by atoms with Crippen LogP contribution in [0.3, 0.4) is 0 Å². The molecule has 0 aliphatic carbocycles. The van der Waals surface area contributed by atoms with E-state index < -0.39 is 0 Å². The summed E-state index contributed by atoms with van der Waals surface area (Å²) in [5, 5.41) is 0. The molecular weight excluding hydrogens is 224 g/mol. The van der Waals surface area contributed by atoms with Gasteiger partial charge in [0.15, 0.2) is 0 Å². The normalized spacial score (nSPS) is 19.7. The van der Waals surface area contributed by atoms with Crippen LogP contribution < -0.4 is 10.5 Å². The molecule has 0 radical (unpaired) electrons. The summed E-state index contributed by atoms with van der Waals surface area (Å²) in [5.41, 5.74) is 7.27. The lowest BCUT2D eigenvalue weighted by atomic mass is 10.0. The van der Waals surface area contributed by atoms with Gasteiger partial charge in [-0.1, -0.05) is 25.1 Å². The van der Waals surface area contributed by atoms with Crippen LogP contribution in [0.2, 0.25) is 0 Å². The molecule has 0 unspecified atom stereocenters. The summed E-state index contributed by atoms with van der Waals surface area (Å²) in [5.74, 6) is 0.974. The Kier molecular flexibility index (Phi) is 4.61. The molecule has 0 amide bonds. The van der Waals surface area contributed by atoms with Crippen molar-refractivity contribution >= 4 is 0 Å².